The van der Waals surface area contributed by atoms with Crippen LogP contribution in [0.5, 0.6) is 0 Å². The Labute approximate surface area is 128 Å². The minimum Gasteiger partial charge on any atom is -0.300 e. The lowest BCUT2D eigenvalue weighted by atomic mass is 9.45. The molecule has 3 unspecified atom stereocenters. The average Bonchev–Trinajstić information content (AvgIpc) is 2.76. The van der Waals surface area contributed by atoms with Crippen molar-refractivity contribution in [3.63, 3.8) is 0 Å². The molecule has 0 aromatic heterocycles. The van der Waals surface area contributed by atoms with E-state index in [1.165, 1.54) is 19.3 Å². The summed E-state index contributed by atoms with van der Waals surface area (Å²) in [5.74, 6) is 3.82. The number of hydrogen-bond donors (Lipinski definition) is 0. The summed E-state index contributed by atoms with van der Waals surface area (Å²) in [5.41, 5.74) is 0.374. The van der Waals surface area contributed by atoms with E-state index in [0.29, 0.717) is 28.8 Å². The van der Waals surface area contributed by atoms with Crippen molar-refractivity contribution in [2.24, 2.45) is 34.5 Å². The van der Waals surface area contributed by atoms with Crippen LogP contribution >= 0.6 is 0 Å². The highest BCUT2D eigenvalue weighted by molar-refractivity contribution is 5.87. The van der Waals surface area contributed by atoms with Crippen LogP contribution in [0, 0.1) is 34.5 Å². The van der Waals surface area contributed by atoms with Gasteiger partial charge in [0.15, 0.2) is 0 Å². The molecule has 4 saturated carbocycles. The first kappa shape index (κ1) is 14.0. The Hall–Kier alpha value is -0.660. The van der Waals surface area contributed by atoms with E-state index in [1.807, 2.05) is 0 Å². The Morgan fingerprint density at radius 3 is 2.52 bits per heavy atom. The minimum absolute atomic E-state index is 0.00511. The lowest BCUT2D eigenvalue weighted by molar-refractivity contribution is -0.144. The predicted molar refractivity (Wildman–Crippen MR) is 81.7 cm³/mol. The van der Waals surface area contributed by atoms with E-state index >= 15 is 0 Å². The van der Waals surface area contributed by atoms with E-state index in [1.54, 1.807) is 0 Å². The van der Waals surface area contributed by atoms with Gasteiger partial charge in [-0.3, -0.25) is 9.59 Å². The van der Waals surface area contributed by atoms with Gasteiger partial charge in [0.1, 0.15) is 11.6 Å². The molecule has 0 spiro atoms. The minimum atomic E-state index is -0.00511. The molecule has 4 fully saturated rings. The molecule has 0 bridgehead atoms. The first-order chi connectivity index (χ1) is 9.95. The Morgan fingerprint density at radius 1 is 0.905 bits per heavy atom. The largest absolute Gasteiger partial charge is 0.300 e. The molecule has 4 rings (SSSR count). The highest BCUT2D eigenvalue weighted by Gasteiger charge is 2.60. The maximum absolute atomic E-state index is 12.4. The van der Waals surface area contributed by atoms with Gasteiger partial charge in [0.2, 0.25) is 0 Å². The number of Topliss-reactive ketones (excluding diaryl/α,β-unsaturated/α-hetero) is 2. The summed E-state index contributed by atoms with van der Waals surface area (Å²) in [7, 11) is 0. The molecule has 2 nitrogen and oxygen atoms in total. The van der Waals surface area contributed by atoms with E-state index in [-0.39, 0.29) is 5.41 Å². The molecule has 116 valence electrons. The molecular weight excluding hydrogens is 260 g/mol. The first-order valence-corrected chi connectivity index (χ1v) is 9.00. The third-order valence-electron chi connectivity index (χ3n) is 8.19. The van der Waals surface area contributed by atoms with E-state index in [0.717, 1.165) is 50.4 Å². The van der Waals surface area contributed by atoms with Crippen molar-refractivity contribution in [1.82, 2.24) is 0 Å². The molecule has 4 aliphatic carbocycles. The molecule has 0 N–H and O–H groups in total. The van der Waals surface area contributed by atoms with Crippen LogP contribution in [-0.2, 0) is 9.59 Å². The van der Waals surface area contributed by atoms with Crippen molar-refractivity contribution in [1.29, 1.82) is 0 Å². The first-order valence-electron chi connectivity index (χ1n) is 9.00. The topological polar surface area (TPSA) is 34.1 Å². The quantitative estimate of drug-likeness (QED) is 0.670. The third-order valence-corrected chi connectivity index (χ3v) is 8.19. The Bertz CT molecular complexity index is 496. The van der Waals surface area contributed by atoms with Crippen LogP contribution in [0.25, 0.3) is 0 Å². The van der Waals surface area contributed by atoms with Crippen LogP contribution in [-0.4, -0.2) is 11.6 Å². The maximum Gasteiger partial charge on any atom is 0.139 e. The summed E-state index contributed by atoms with van der Waals surface area (Å²) in [5, 5.41) is 0. The monoisotopic (exact) mass is 288 g/mol. The second kappa shape index (κ2) is 4.43. The van der Waals surface area contributed by atoms with Gasteiger partial charge in [-0.15, -0.1) is 0 Å². The molecule has 0 aromatic rings. The van der Waals surface area contributed by atoms with Crippen molar-refractivity contribution in [2.75, 3.05) is 0 Å². The smallest absolute Gasteiger partial charge is 0.139 e. The van der Waals surface area contributed by atoms with Crippen LogP contribution in [0.3, 0.4) is 0 Å². The van der Waals surface area contributed by atoms with Crippen molar-refractivity contribution < 1.29 is 9.59 Å². The van der Waals surface area contributed by atoms with Gasteiger partial charge in [-0.2, -0.15) is 0 Å². The maximum atomic E-state index is 12.4. The van der Waals surface area contributed by atoms with Gasteiger partial charge in [0.05, 0.1) is 0 Å². The Balaban J connectivity index is 1.65. The summed E-state index contributed by atoms with van der Waals surface area (Å²) in [6.07, 6.45) is 9.53. The fraction of sp³-hybridized carbons (Fsp3) is 0.895. The van der Waals surface area contributed by atoms with Crippen molar-refractivity contribution in [2.45, 2.75) is 71.6 Å². The van der Waals surface area contributed by atoms with Crippen molar-refractivity contribution >= 4 is 11.6 Å². The van der Waals surface area contributed by atoms with Gasteiger partial charge in [-0.25, -0.2) is 0 Å². The molecular formula is C19H28O2. The second-order valence-corrected chi connectivity index (χ2v) is 8.82. The number of fused-ring (bicyclic) bond motifs is 5. The highest BCUT2D eigenvalue weighted by atomic mass is 16.1. The fourth-order valence-electron chi connectivity index (χ4n) is 6.82. The van der Waals surface area contributed by atoms with Crippen LogP contribution in [0.15, 0.2) is 0 Å². The molecule has 0 heterocycles. The SMILES string of the molecule is C[C@]12CCC3C(CC[C@@H]4CC(=O)CC[C@]34C)C1CCC2=O. The second-order valence-electron chi connectivity index (χ2n) is 8.82. The lowest BCUT2D eigenvalue weighted by Gasteiger charge is -2.59. The van der Waals surface area contributed by atoms with Crippen molar-refractivity contribution in [3.05, 3.63) is 0 Å². The van der Waals surface area contributed by atoms with Gasteiger partial charge >= 0.3 is 0 Å². The lowest BCUT2D eigenvalue weighted by Crippen LogP contribution is -2.53. The zero-order valence-corrected chi connectivity index (χ0v) is 13.5. The number of ketones is 2. The zero-order chi connectivity index (χ0) is 14.8. The van der Waals surface area contributed by atoms with Crippen LogP contribution in [0.2, 0.25) is 0 Å². The number of hydrogen-bond acceptors (Lipinski definition) is 2. The molecule has 0 aliphatic heterocycles. The van der Waals surface area contributed by atoms with Gasteiger partial charge in [0, 0.05) is 24.7 Å². The molecule has 6 atom stereocenters. The van der Waals surface area contributed by atoms with Gasteiger partial charge in [-0.05, 0) is 67.6 Å². The zero-order valence-electron chi connectivity index (χ0n) is 13.5. The molecule has 2 heteroatoms. The number of carbonyl (C=O) groups is 2. The summed E-state index contributed by atoms with van der Waals surface area (Å²) in [6.45, 7) is 4.72. The summed E-state index contributed by atoms with van der Waals surface area (Å²) < 4.78 is 0. The Morgan fingerprint density at radius 2 is 1.71 bits per heavy atom. The fourth-order valence-corrected chi connectivity index (χ4v) is 6.82. The summed E-state index contributed by atoms with van der Waals surface area (Å²) in [4.78, 5) is 24.2. The molecule has 0 amide bonds. The Kier molecular flexibility index (Phi) is 2.94. The van der Waals surface area contributed by atoms with Crippen molar-refractivity contribution in [3.8, 4) is 0 Å². The van der Waals surface area contributed by atoms with Crippen LogP contribution < -0.4 is 0 Å². The van der Waals surface area contributed by atoms with E-state index in [2.05, 4.69) is 13.8 Å². The predicted octanol–water partition coefficient (Wildman–Crippen LogP) is 4.17. The highest BCUT2D eigenvalue weighted by Crippen LogP contribution is 2.65. The molecule has 4 aliphatic rings. The molecule has 21 heavy (non-hydrogen) atoms. The molecule has 0 aromatic carbocycles. The van der Waals surface area contributed by atoms with Gasteiger partial charge < -0.3 is 0 Å². The molecule has 0 radical (unpaired) electrons. The van der Waals surface area contributed by atoms with Gasteiger partial charge in [0.25, 0.3) is 0 Å². The number of rotatable bonds is 0. The number of carbonyl (C=O) groups excluding carboxylic acids is 2. The standard InChI is InChI=1S/C19H28O2/c1-18-9-7-13(20)11-12(18)3-4-14-15-5-6-17(21)19(15,2)10-8-16(14)18/h12,14-16H,3-11H2,1-2H3/t12-,14?,15?,16?,18+,19+/m1/s1. The summed E-state index contributed by atoms with van der Waals surface area (Å²) >= 11 is 0. The van der Waals surface area contributed by atoms with E-state index in [9.17, 15) is 9.59 Å². The average molecular weight is 288 g/mol. The molecule has 0 saturated heterocycles. The van der Waals surface area contributed by atoms with Crippen LogP contribution in [0.4, 0.5) is 0 Å². The van der Waals surface area contributed by atoms with E-state index in [4.69, 9.17) is 0 Å². The van der Waals surface area contributed by atoms with Crippen LogP contribution in [0.1, 0.15) is 71.6 Å². The van der Waals surface area contributed by atoms with E-state index < -0.39 is 0 Å². The normalized spacial score (nSPS) is 53.0. The summed E-state index contributed by atoms with van der Waals surface area (Å²) in [6, 6.07) is 0. The van der Waals surface area contributed by atoms with Gasteiger partial charge in [-0.1, -0.05) is 13.8 Å². The third kappa shape index (κ3) is 1.77.